The highest BCUT2D eigenvalue weighted by Crippen LogP contribution is 2.65. The normalized spacial score (nSPS) is 21.1. The van der Waals surface area contributed by atoms with Crippen molar-refractivity contribution in [1.29, 1.82) is 0 Å². The predicted molar refractivity (Wildman–Crippen MR) is 182 cm³/mol. The highest BCUT2D eigenvalue weighted by atomic mass is 32.3. The minimum absolute atomic E-state index is 0.0794. The quantitative estimate of drug-likeness (QED) is 0.159. The van der Waals surface area contributed by atoms with Gasteiger partial charge >= 0.3 is 20.2 Å². The van der Waals surface area contributed by atoms with E-state index in [9.17, 15) is 25.3 Å². The lowest BCUT2D eigenvalue weighted by molar-refractivity contribution is 0.505. The van der Waals surface area contributed by atoms with Gasteiger partial charge in [-0.25, -0.2) is 15.7 Å². The van der Waals surface area contributed by atoms with Crippen molar-refractivity contribution in [2.75, 3.05) is 23.0 Å². The van der Waals surface area contributed by atoms with Crippen molar-refractivity contribution in [3.05, 3.63) is 97.1 Å². The molecule has 46 heavy (non-hydrogen) atoms. The molecule has 0 radical (unpaired) electrons. The van der Waals surface area contributed by atoms with Crippen molar-refractivity contribution in [1.82, 2.24) is 0 Å². The van der Waals surface area contributed by atoms with Gasteiger partial charge in [0, 0.05) is 32.8 Å². The fourth-order valence-corrected chi connectivity index (χ4v) is 22.0. The molecule has 0 N–H and O–H groups in total. The SMILES string of the molecule is O=S(=O)(OS1(c2ccccc2)CCCC1)c1cccc2c1Sc1c(S(=O)(=O)OS3(c4ccccc4)CCCC3)cccc1S2(=O)=O. The van der Waals surface area contributed by atoms with Crippen molar-refractivity contribution in [3.63, 3.8) is 0 Å². The van der Waals surface area contributed by atoms with Crippen LogP contribution in [0.2, 0.25) is 0 Å². The molecule has 4 aromatic carbocycles. The highest BCUT2D eigenvalue weighted by molar-refractivity contribution is 8.33. The predicted octanol–water partition coefficient (Wildman–Crippen LogP) is 7.54. The van der Waals surface area contributed by atoms with Gasteiger partial charge in [-0.05, 0) is 74.2 Å². The zero-order valence-electron chi connectivity index (χ0n) is 24.6. The summed E-state index contributed by atoms with van der Waals surface area (Å²) in [6.07, 6.45) is 3.27. The Morgan fingerprint density at radius 3 is 1.24 bits per heavy atom. The standard InChI is InChI=1S/C32H32O8S6/c33-44(34)27-17-11-19-29(45(35,36)39-42(21-7-8-22-42)25-13-3-1-4-14-25)31(27)41-32-28(44)18-12-20-30(32)46(37,38)40-43(23-9-10-24-43)26-15-5-2-6-16-26/h1-6,11-20H,7-10,21-24H2. The van der Waals surface area contributed by atoms with Crippen molar-refractivity contribution >= 4 is 62.5 Å². The van der Waals surface area contributed by atoms with Gasteiger partial charge in [0.25, 0.3) is 0 Å². The third kappa shape index (κ3) is 5.54. The maximum atomic E-state index is 14.1. The average Bonchev–Trinajstić information content (AvgIpc) is 3.72. The second-order valence-electron chi connectivity index (χ2n) is 11.3. The minimum atomic E-state index is -4.48. The Kier molecular flexibility index (Phi) is 8.41. The fourth-order valence-electron chi connectivity index (χ4n) is 6.21. The van der Waals surface area contributed by atoms with Crippen LogP contribution in [0.3, 0.4) is 0 Å². The van der Waals surface area contributed by atoms with E-state index in [0.717, 1.165) is 47.2 Å². The Hall–Kier alpha value is -2.30. The molecule has 0 bridgehead atoms. The second kappa shape index (κ2) is 12.0. The zero-order chi connectivity index (χ0) is 32.2. The molecule has 0 spiro atoms. The van der Waals surface area contributed by atoms with E-state index in [-0.39, 0.29) is 29.4 Å². The van der Waals surface area contributed by atoms with Crippen LogP contribution >= 0.6 is 32.4 Å². The summed E-state index contributed by atoms with van der Waals surface area (Å²) in [5.74, 6) is 2.30. The van der Waals surface area contributed by atoms with Crippen LogP contribution in [0.25, 0.3) is 0 Å². The summed E-state index contributed by atoms with van der Waals surface area (Å²) < 4.78 is 96.8. The van der Waals surface area contributed by atoms with Gasteiger partial charge in [0.1, 0.15) is 9.79 Å². The van der Waals surface area contributed by atoms with Crippen LogP contribution in [-0.2, 0) is 37.3 Å². The first-order valence-corrected chi connectivity index (χ1v) is 23.7. The van der Waals surface area contributed by atoms with Gasteiger partial charge in [-0.2, -0.15) is 16.8 Å². The van der Waals surface area contributed by atoms with Crippen LogP contribution in [0.1, 0.15) is 25.7 Å². The van der Waals surface area contributed by atoms with E-state index in [0.29, 0.717) is 23.0 Å². The van der Waals surface area contributed by atoms with Crippen LogP contribution in [-0.4, -0.2) is 48.3 Å². The molecule has 7 rings (SSSR count). The summed E-state index contributed by atoms with van der Waals surface area (Å²) in [4.78, 5) is 0.472. The van der Waals surface area contributed by atoms with Crippen LogP contribution < -0.4 is 0 Å². The van der Waals surface area contributed by atoms with Crippen LogP contribution in [0.4, 0.5) is 0 Å². The highest BCUT2D eigenvalue weighted by Gasteiger charge is 2.43. The van der Waals surface area contributed by atoms with E-state index in [1.807, 2.05) is 60.7 Å². The molecule has 3 aliphatic heterocycles. The Morgan fingerprint density at radius 1 is 0.500 bits per heavy atom. The molecule has 2 fully saturated rings. The average molecular weight is 737 g/mol. The van der Waals surface area contributed by atoms with Gasteiger partial charge in [-0.1, -0.05) is 80.9 Å². The van der Waals surface area contributed by atoms with Crippen LogP contribution in [0.15, 0.2) is 136 Å². The van der Waals surface area contributed by atoms with Crippen molar-refractivity contribution < 1.29 is 32.5 Å². The molecule has 14 heteroatoms. The summed E-state index contributed by atoms with van der Waals surface area (Å²) in [6.45, 7) is 0. The molecule has 3 aliphatic rings. The molecule has 0 aliphatic carbocycles. The molecular formula is C32H32O8S6. The summed E-state index contributed by atoms with van der Waals surface area (Å²) >= 11 is 0.818. The molecule has 0 saturated carbocycles. The van der Waals surface area contributed by atoms with E-state index in [1.165, 1.54) is 36.4 Å². The van der Waals surface area contributed by atoms with Crippen LogP contribution in [0, 0.1) is 0 Å². The molecular weight excluding hydrogens is 705 g/mol. The molecule has 3 heterocycles. The van der Waals surface area contributed by atoms with Crippen LogP contribution in [0.5, 0.6) is 0 Å². The van der Waals surface area contributed by atoms with Gasteiger partial charge in [-0.3, -0.25) is 0 Å². The topological polar surface area (TPSA) is 121 Å². The van der Waals surface area contributed by atoms with E-state index in [1.54, 1.807) is 0 Å². The summed E-state index contributed by atoms with van der Waals surface area (Å²) in [5, 5.41) is 0. The maximum Gasteiger partial charge on any atom is 0.307 e. The number of sulfone groups is 1. The van der Waals surface area contributed by atoms with Crippen molar-refractivity contribution in [2.24, 2.45) is 0 Å². The fraction of sp³-hybridized carbons (Fsp3) is 0.250. The number of fused-ring (bicyclic) bond motifs is 2. The molecule has 244 valence electrons. The molecule has 8 nitrogen and oxygen atoms in total. The van der Waals surface area contributed by atoms with E-state index < -0.39 is 50.7 Å². The number of benzene rings is 4. The van der Waals surface area contributed by atoms with E-state index in [2.05, 4.69) is 0 Å². The van der Waals surface area contributed by atoms with E-state index in [4.69, 9.17) is 7.26 Å². The van der Waals surface area contributed by atoms with Gasteiger partial charge in [0.15, 0.2) is 0 Å². The molecule has 0 unspecified atom stereocenters. The second-order valence-corrected chi connectivity index (χ2v) is 23.8. The van der Waals surface area contributed by atoms with Gasteiger partial charge in [0.05, 0.1) is 19.6 Å². The lowest BCUT2D eigenvalue weighted by atomic mass is 10.3. The Balaban J connectivity index is 1.31. The molecule has 2 saturated heterocycles. The third-order valence-electron chi connectivity index (χ3n) is 8.39. The summed E-state index contributed by atoms with van der Waals surface area (Å²) in [7, 11) is -17.7. The summed E-state index contributed by atoms with van der Waals surface area (Å²) in [6, 6.07) is 26.7. The van der Waals surface area contributed by atoms with Gasteiger partial charge in [0.2, 0.25) is 9.84 Å². The Morgan fingerprint density at radius 2 is 0.870 bits per heavy atom. The Labute approximate surface area is 278 Å². The lowest BCUT2D eigenvalue weighted by Crippen LogP contribution is -2.19. The lowest BCUT2D eigenvalue weighted by Gasteiger charge is -2.35. The van der Waals surface area contributed by atoms with E-state index >= 15 is 0 Å². The minimum Gasteiger partial charge on any atom is -0.218 e. The monoisotopic (exact) mass is 736 g/mol. The summed E-state index contributed by atoms with van der Waals surface area (Å²) in [5.41, 5.74) is 0. The number of rotatable bonds is 8. The van der Waals surface area contributed by atoms with Crippen molar-refractivity contribution in [2.45, 2.75) is 64.8 Å². The smallest absolute Gasteiger partial charge is 0.218 e. The molecule has 0 amide bonds. The molecule has 0 atom stereocenters. The zero-order valence-corrected chi connectivity index (χ0v) is 29.5. The first kappa shape index (κ1) is 32.3. The van der Waals surface area contributed by atoms with Gasteiger partial charge in [-0.15, -0.1) is 0 Å². The maximum absolute atomic E-state index is 14.1. The van der Waals surface area contributed by atoms with Gasteiger partial charge < -0.3 is 0 Å². The first-order chi connectivity index (χ1) is 22.0. The largest absolute Gasteiger partial charge is 0.307 e. The number of hydrogen-bond donors (Lipinski definition) is 0. The molecule has 4 aromatic rings. The Bertz CT molecular complexity index is 1980. The van der Waals surface area contributed by atoms with Crippen molar-refractivity contribution in [3.8, 4) is 0 Å². The molecule has 0 aromatic heterocycles. The third-order valence-corrected chi connectivity index (χ3v) is 23.4. The number of hydrogen-bond acceptors (Lipinski definition) is 9. The first-order valence-electron chi connectivity index (χ1n) is 14.8.